The van der Waals surface area contributed by atoms with Crippen molar-refractivity contribution < 1.29 is 4.74 Å². The van der Waals surface area contributed by atoms with Crippen molar-refractivity contribution in [2.75, 3.05) is 19.6 Å². The van der Waals surface area contributed by atoms with Crippen LogP contribution in [-0.4, -0.2) is 34.1 Å². The summed E-state index contributed by atoms with van der Waals surface area (Å²) >= 11 is 6.17. The van der Waals surface area contributed by atoms with Gasteiger partial charge in [-0.2, -0.15) is 0 Å². The minimum atomic E-state index is 0.447. The largest absolute Gasteiger partial charge is 0.485 e. The first-order chi connectivity index (χ1) is 13.1. The van der Waals surface area contributed by atoms with Crippen LogP contribution in [0.2, 0.25) is 5.02 Å². The van der Waals surface area contributed by atoms with Crippen LogP contribution in [0, 0.1) is 6.92 Å². The Morgan fingerprint density at radius 1 is 1.11 bits per heavy atom. The number of halogens is 1. The monoisotopic (exact) mass is 385 g/mol. The van der Waals surface area contributed by atoms with Crippen LogP contribution in [0.15, 0.2) is 42.5 Å². The maximum atomic E-state index is 6.17. The highest BCUT2D eigenvalue weighted by atomic mass is 35.5. The van der Waals surface area contributed by atoms with Crippen LogP contribution in [-0.2, 0) is 13.2 Å². The second kappa shape index (κ2) is 9.25. The van der Waals surface area contributed by atoms with Crippen molar-refractivity contribution in [2.24, 2.45) is 0 Å². The second-order valence-electron chi connectivity index (χ2n) is 6.75. The molecule has 2 aromatic carbocycles. The maximum absolute atomic E-state index is 6.17. The van der Waals surface area contributed by atoms with Crippen molar-refractivity contribution in [2.45, 2.75) is 40.3 Å². The van der Waals surface area contributed by atoms with E-state index in [1.54, 1.807) is 0 Å². The van der Waals surface area contributed by atoms with Gasteiger partial charge in [-0.3, -0.25) is 0 Å². The van der Waals surface area contributed by atoms with Crippen LogP contribution in [0.4, 0.5) is 0 Å². The van der Waals surface area contributed by atoms with Gasteiger partial charge in [0.25, 0.3) is 0 Å². The fourth-order valence-electron chi connectivity index (χ4n) is 3.37. The zero-order valence-corrected chi connectivity index (χ0v) is 17.2. The molecule has 0 saturated carbocycles. The first kappa shape index (κ1) is 19.7. The Morgan fingerprint density at radius 2 is 1.89 bits per heavy atom. The number of nitrogens with zero attached hydrogens (tertiary/aromatic N) is 3. The molecule has 1 heterocycles. The molecule has 0 aliphatic rings. The van der Waals surface area contributed by atoms with Crippen molar-refractivity contribution in [3.8, 4) is 5.75 Å². The second-order valence-corrected chi connectivity index (χ2v) is 7.18. The summed E-state index contributed by atoms with van der Waals surface area (Å²) in [5, 5.41) is 0.710. The molecule has 0 bridgehead atoms. The van der Waals surface area contributed by atoms with Crippen molar-refractivity contribution in [3.63, 3.8) is 0 Å². The number of imidazole rings is 1. The topological polar surface area (TPSA) is 30.3 Å². The van der Waals surface area contributed by atoms with Crippen molar-refractivity contribution in [1.82, 2.24) is 14.5 Å². The van der Waals surface area contributed by atoms with E-state index in [9.17, 15) is 0 Å². The Balaban J connectivity index is 1.81. The molecule has 4 nitrogen and oxygen atoms in total. The van der Waals surface area contributed by atoms with Crippen molar-refractivity contribution >= 4 is 22.6 Å². The fraction of sp³-hybridized carbons (Fsp3) is 0.409. The molecule has 0 unspecified atom stereocenters. The number of benzene rings is 2. The average molecular weight is 386 g/mol. The summed E-state index contributed by atoms with van der Waals surface area (Å²) in [6.07, 6.45) is 1.08. The summed E-state index contributed by atoms with van der Waals surface area (Å²) in [6, 6.07) is 14.0. The molecule has 0 fully saturated rings. The summed E-state index contributed by atoms with van der Waals surface area (Å²) in [6.45, 7) is 11.1. The van der Waals surface area contributed by atoms with Crippen LogP contribution in [0.25, 0.3) is 11.0 Å². The molecular formula is C22H28ClN3O. The predicted octanol–water partition coefficient (Wildman–Crippen LogP) is 5.31. The van der Waals surface area contributed by atoms with Gasteiger partial charge in [0.05, 0.1) is 11.0 Å². The number of para-hydroxylation sites is 1. The van der Waals surface area contributed by atoms with Gasteiger partial charge in [-0.1, -0.05) is 43.6 Å². The zero-order chi connectivity index (χ0) is 19.2. The van der Waals surface area contributed by atoms with Gasteiger partial charge in [-0.15, -0.1) is 0 Å². The van der Waals surface area contributed by atoms with Gasteiger partial charge in [0.2, 0.25) is 0 Å². The van der Waals surface area contributed by atoms with Crippen LogP contribution in [0.1, 0.15) is 31.7 Å². The van der Waals surface area contributed by atoms with Crippen molar-refractivity contribution in [1.29, 1.82) is 0 Å². The molecule has 5 heteroatoms. The lowest BCUT2D eigenvalue weighted by molar-refractivity contribution is 0.278. The lowest BCUT2D eigenvalue weighted by Crippen LogP contribution is -2.25. The predicted molar refractivity (Wildman–Crippen MR) is 113 cm³/mol. The highest BCUT2D eigenvalue weighted by Crippen LogP contribution is 2.23. The van der Waals surface area contributed by atoms with Crippen molar-refractivity contribution in [3.05, 3.63) is 58.9 Å². The third-order valence-corrected chi connectivity index (χ3v) is 5.23. The lowest BCUT2D eigenvalue weighted by atomic mass is 10.2. The Hall–Kier alpha value is -2.04. The zero-order valence-electron chi connectivity index (χ0n) is 16.4. The number of aromatic nitrogens is 2. The van der Waals surface area contributed by atoms with Gasteiger partial charge in [0, 0.05) is 11.6 Å². The summed E-state index contributed by atoms with van der Waals surface area (Å²) in [5.74, 6) is 1.84. The SMILES string of the molecule is CCN(CC)CCCn1c(COc2ccccc2C)nc2cc(Cl)ccc21. The molecule has 3 rings (SSSR count). The van der Waals surface area contributed by atoms with Gasteiger partial charge in [0.1, 0.15) is 18.2 Å². The van der Waals surface area contributed by atoms with E-state index in [4.69, 9.17) is 21.3 Å². The number of rotatable bonds is 9. The van der Waals surface area contributed by atoms with E-state index in [0.29, 0.717) is 11.6 Å². The maximum Gasteiger partial charge on any atom is 0.147 e. The van der Waals surface area contributed by atoms with Gasteiger partial charge in [-0.25, -0.2) is 4.98 Å². The third-order valence-electron chi connectivity index (χ3n) is 4.99. The van der Waals surface area contributed by atoms with Gasteiger partial charge in [0.15, 0.2) is 0 Å². The Bertz CT molecular complexity index is 886. The molecular weight excluding hydrogens is 358 g/mol. The normalized spacial score (nSPS) is 11.4. The van der Waals surface area contributed by atoms with E-state index in [2.05, 4.69) is 42.4 Å². The van der Waals surface area contributed by atoms with E-state index in [0.717, 1.165) is 60.8 Å². The van der Waals surface area contributed by atoms with Crippen LogP contribution in [0.3, 0.4) is 0 Å². The lowest BCUT2D eigenvalue weighted by Gasteiger charge is -2.18. The molecule has 3 aromatic rings. The van der Waals surface area contributed by atoms with E-state index >= 15 is 0 Å². The number of fused-ring (bicyclic) bond motifs is 1. The summed E-state index contributed by atoms with van der Waals surface area (Å²) < 4.78 is 8.34. The van der Waals surface area contributed by atoms with E-state index in [-0.39, 0.29) is 0 Å². The highest BCUT2D eigenvalue weighted by Gasteiger charge is 2.13. The van der Waals surface area contributed by atoms with E-state index in [1.165, 1.54) is 0 Å². The minimum Gasteiger partial charge on any atom is -0.485 e. The summed E-state index contributed by atoms with van der Waals surface area (Å²) in [4.78, 5) is 7.24. The molecule has 0 amide bonds. The quantitative estimate of drug-likeness (QED) is 0.500. The average Bonchev–Trinajstić information content (AvgIpc) is 3.01. The summed E-state index contributed by atoms with van der Waals surface area (Å²) in [7, 11) is 0. The standard InChI is InChI=1S/C22H28ClN3O/c1-4-25(5-2)13-8-14-26-20-12-11-18(23)15-19(20)24-22(26)16-27-21-10-7-6-9-17(21)3/h6-7,9-12,15H,4-5,8,13-14,16H2,1-3H3. The van der Waals surface area contributed by atoms with E-state index < -0.39 is 0 Å². The van der Waals surface area contributed by atoms with Crippen LogP contribution in [0.5, 0.6) is 5.75 Å². The molecule has 27 heavy (non-hydrogen) atoms. The first-order valence-electron chi connectivity index (χ1n) is 9.67. The highest BCUT2D eigenvalue weighted by molar-refractivity contribution is 6.31. The molecule has 0 N–H and O–H groups in total. The molecule has 0 aliphatic carbocycles. The molecule has 0 saturated heterocycles. The molecule has 1 aromatic heterocycles. The number of ether oxygens (including phenoxy) is 1. The Morgan fingerprint density at radius 3 is 2.63 bits per heavy atom. The molecule has 144 valence electrons. The fourth-order valence-corrected chi connectivity index (χ4v) is 3.53. The first-order valence-corrected chi connectivity index (χ1v) is 10.1. The molecule has 0 aliphatic heterocycles. The number of hydrogen-bond donors (Lipinski definition) is 0. The van der Waals surface area contributed by atoms with Gasteiger partial charge in [-0.05, 0) is 62.8 Å². The Labute approximate surface area is 166 Å². The smallest absolute Gasteiger partial charge is 0.147 e. The number of hydrogen-bond acceptors (Lipinski definition) is 3. The molecule has 0 atom stereocenters. The Kier molecular flexibility index (Phi) is 6.75. The van der Waals surface area contributed by atoms with Gasteiger partial charge >= 0.3 is 0 Å². The van der Waals surface area contributed by atoms with Crippen LogP contribution >= 0.6 is 11.6 Å². The minimum absolute atomic E-state index is 0.447. The number of aryl methyl sites for hydroxylation is 2. The van der Waals surface area contributed by atoms with E-state index in [1.807, 2.05) is 30.3 Å². The van der Waals surface area contributed by atoms with Crippen LogP contribution < -0.4 is 4.74 Å². The third kappa shape index (κ3) is 4.82. The summed E-state index contributed by atoms with van der Waals surface area (Å²) in [5.41, 5.74) is 3.17. The molecule has 0 spiro atoms. The molecule has 0 radical (unpaired) electrons. The van der Waals surface area contributed by atoms with Gasteiger partial charge < -0.3 is 14.2 Å².